The largest absolute Gasteiger partial charge is 0.374 e. The number of aliphatic imine (C=N–C) groups is 1. The fourth-order valence-corrected chi connectivity index (χ4v) is 3.02. The van der Waals surface area contributed by atoms with Crippen molar-refractivity contribution in [2.45, 2.75) is 59.1 Å². The van der Waals surface area contributed by atoms with Crippen LogP contribution in [0.1, 0.15) is 58.6 Å². The summed E-state index contributed by atoms with van der Waals surface area (Å²) >= 11 is 0. The standard InChI is InChI=1S/C22H40N4O.HI/c1-6-26(7-2)17-11-13-19(3)25-22(23-5)24-16-12-18-27-20(4)21-14-9-8-10-15-21;/h8-10,14-15,19-20H,6-7,11-13,16-18H2,1-5H3,(H2,23,24,25);1H. The first-order chi connectivity index (χ1) is 13.1. The highest BCUT2D eigenvalue weighted by molar-refractivity contribution is 14.0. The maximum Gasteiger partial charge on any atom is 0.191 e. The predicted octanol–water partition coefficient (Wildman–Crippen LogP) is 4.45. The third-order valence-corrected chi connectivity index (χ3v) is 4.86. The molecule has 2 unspecified atom stereocenters. The van der Waals surface area contributed by atoms with E-state index >= 15 is 0 Å². The van der Waals surface area contributed by atoms with Crippen LogP contribution >= 0.6 is 24.0 Å². The van der Waals surface area contributed by atoms with Crippen LogP contribution < -0.4 is 10.6 Å². The molecule has 0 aliphatic heterocycles. The summed E-state index contributed by atoms with van der Waals surface area (Å²) in [4.78, 5) is 6.80. The van der Waals surface area contributed by atoms with Crippen LogP contribution in [0.15, 0.2) is 35.3 Å². The van der Waals surface area contributed by atoms with E-state index < -0.39 is 0 Å². The molecule has 2 N–H and O–H groups in total. The predicted molar refractivity (Wildman–Crippen MR) is 132 cm³/mol. The van der Waals surface area contributed by atoms with Crippen molar-refractivity contribution in [3.05, 3.63) is 35.9 Å². The van der Waals surface area contributed by atoms with Gasteiger partial charge in [-0.05, 0) is 58.3 Å². The van der Waals surface area contributed by atoms with E-state index in [4.69, 9.17) is 4.74 Å². The van der Waals surface area contributed by atoms with Crippen LogP contribution in [-0.4, -0.2) is 56.7 Å². The zero-order valence-electron chi connectivity index (χ0n) is 18.4. The van der Waals surface area contributed by atoms with Gasteiger partial charge in [-0.3, -0.25) is 4.99 Å². The normalized spacial score (nSPS) is 13.7. The Kier molecular flexibility index (Phi) is 16.5. The van der Waals surface area contributed by atoms with Gasteiger partial charge < -0.3 is 20.3 Å². The monoisotopic (exact) mass is 504 g/mol. The Labute approximate surface area is 189 Å². The molecule has 6 heteroatoms. The van der Waals surface area contributed by atoms with E-state index in [2.05, 4.69) is 72.5 Å². The van der Waals surface area contributed by atoms with Crippen LogP contribution in [0.4, 0.5) is 0 Å². The smallest absolute Gasteiger partial charge is 0.191 e. The third kappa shape index (κ3) is 11.9. The first kappa shape index (κ1) is 27.1. The molecule has 0 heterocycles. The molecule has 2 atom stereocenters. The van der Waals surface area contributed by atoms with Gasteiger partial charge in [-0.1, -0.05) is 44.2 Å². The van der Waals surface area contributed by atoms with Crippen LogP contribution in [0.25, 0.3) is 0 Å². The lowest BCUT2D eigenvalue weighted by molar-refractivity contribution is 0.0646. The van der Waals surface area contributed by atoms with Crippen molar-refractivity contribution in [2.75, 3.05) is 39.8 Å². The van der Waals surface area contributed by atoms with Crippen LogP contribution in [0.3, 0.4) is 0 Å². The van der Waals surface area contributed by atoms with E-state index in [1.165, 1.54) is 18.5 Å². The first-order valence-electron chi connectivity index (χ1n) is 10.5. The lowest BCUT2D eigenvalue weighted by atomic mass is 10.1. The number of benzene rings is 1. The van der Waals surface area contributed by atoms with Crippen LogP contribution in [-0.2, 0) is 4.74 Å². The first-order valence-corrected chi connectivity index (χ1v) is 10.5. The number of ether oxygens (including phenoxy) is 1. The molecule has 0 amide bonds. The zero-order valence-corrected chi connectivity index (χ0v) is 20.7. The molecule has 0 aliphatic carbocycles. The summed E-state index contributed by atoms with van der Waals surface area (Å²) in [6.45, 7) is 13.8. The molecule has 1 rings (SSSR count). The van der Waals surface area contributed by atoms with Crippen molar-refractivity contribution >= 4 is 29.9 Å². The van der Waals surface area contributed by atoms with Crippen molar-refractivity contribution in [3.8, 4) is 0 Å². The van der Waals surface area contributed by atoms with Gasteiger partial charge in [0.15, 0.2) is 5.96 Å². The number of hydrogen-bond donors (Lipinski definition) is 2. The molecule has 5 nitrogen and oxygen atoms in total. The summed E-state index contributed by atoms with van der Waals surface area (Å²) in [5, 5.41) is 6.87. The molecule has 0 saturated heterocycles. The molecular weight excluding hydrogens is 463 g/mol. The van der Waals surface area contributed by atoms with Gasteiger partial charge in [-0.25, -0.2) is 0 Å². The van der Waals surface area contributed by atoms with Crippen molar-refractivity contribution in [1.29, 1.82) is 0 Å². The number of nitrogens with one attached hydrogen (secondary N) is 2. The Morgan fingerprint density at radius 2 is 1.79 bits per heavy atom. The molecule has 0 radical (unpaired) electrons. The van der Waals surface area contributed by atoms with E-state index in [0.717, 1.165) is 45.0 Å². The Morgan fingerprint density at radius 3 is 2.39 bits per heavy atom. The average molecular weight is 505 g/mol. The minimum absolute atomic E-state index is 0. The highest BCUT2D eigenvalue weighted by Crippen LogP contribution is 2.15. The molecule has 1 aromatic rings. The fraction of sp³-hybridized carbons (Fsp3) is 0.682. The molecular formula is C22H41IN4O. The summed E-state index contributed by atoms with van der Waals surface area (Å²) in [7, 11) is 1.83. The van der Waals surface area contributed by atoms with Gasteiger partial charge in [-0.15, -0.1) is 24.0 Å². The second kappa shape index (κ2) is 17.0. The quantitative estimate of drug-likeness (QED) is 0.180. The summed E-state index contributed by atoms with van der Waals surface area (Å²) in [5.41, 5.74) is 1.22. The van der Waals surface area contributed by atoms with Gasteiger partial charge in [0, 0.05) is 26.2 Å². The maximum absolute atomic E-state index is 5.92. The Hall–Kier alpha value is -0.860. The van der Waals surface area contributed by atoms with E-state index in [1.807, 2.05) is 13.1 Å². The third-order valence-electron chi connectivity index (χ3n) is 4.86. The zero-order chi connectivity index (χ0) is 19.9. The minimum atomic E-state index is 0. The molecule has 1 aromatic carbocycles. The van der Waals surface area contributed by atoms with E-state index in [9.17, 15) is 0 Å². The molecule has 0 saturated carbocycles. The fourth-order valence-electron chi connectivity index (χ4n) is 3.02. The maximum atomic E-state index is 5.92. The van der Waals surface area contributed by atoms with Gasteiger partial charge in [0.25, 0.3) is 0 Å². The molecule has 0 aliphatic rings. The van der Waals surface area contributed by atoms with Crippen LogP contribution in [0.2, 0.25) is 0 Å². The molecule has 0 spiro atoms. The van der Waals surface area contributed by atoms with Gasteiger partial charge in [-0.2, -0.15) is 0 Å². The van der Waals surface area contributed by atoms with Crippen molar-refractivity contribution in [1.82, 2.24) is 15.5 Å². The molecule has 0 fully saturated rings. The molecule has 0 bridgehead atoms. The van der Waals surface area contributed by atoms with Crippen LogP contribution in [0, 0.1) is 0 Å². The highest BCUT2D eigenvalue weighted by atomic mass is 127. The van der Waals surface area contributed by atoms with Crippen molar-refractivity contribution in [2.24, 2.45) is 4.99 Å². The number of hydrogen-bond acceptors (Lipinski definition) is 3. The number of halogens is 1. The Morgan fingerprint density at radius 1 is 1.11 bits per heavy atom. The van der Waals surface area contributed by atoms with Crippen molar-refractivity contribution in [3.63, 3.8) is 0 Å². The lowest BCUT2D eigenvalue weighted by Crippen LogP contribution is -2.43. The Bertz CT molecular complexity index is 509. The van der Waals surface area contributed by atoms with Gasteiger partial charge in [0.1, 0.15) is 0 Å². The molecule has 28 heavy (non-hydrogen) atoms. The van der Waals surface area contributed by atoms with Gasteiger partial charge in [0.2, 0.25) is 0 Å². The van der Waals surface area contributed by atoms with Gasteiger partial charge in [0.05, 0.1) is 6.10 Å². The second-order valence-corrected chi connectivity index (χ2v) is 6.99. The topological polar surface area (TPSA) is 48.9 Å². The SMILES string of the molecule is CCN(CC)CCCC(C)NC(=NC)NCCCOC(C)c1ccccc1.I. The van der Waals surface area contributed by atoms with Crippen LogP contribution in [0.5, 0.6) is 0 Å². The van der Waals surface area contributed by atoms with Crippen molar-refractivity contribution < 1.29 is 4.74 Å². The summed E-state index contributed by atoms with van der Waals surface area (Å²) in [6.07, 6.45) is 3.44. The van der Waals surface area contributed by atoms with E-state index in [1.54, 1.807) is 0 Å². The molecule has 162 valence electrons. The van der Waals surface area contributed by atoms with E-state index in [0.29, 0.717) is 6.04 Å². The lowest BCUT2D eigenvalue weighted by Gasteiger charge is -2.21. The summed E-state index contributed by atoms with van der Waals surface area (Å²) in [5.74, 6) is 0.876. The highest BCUT2D eigenvalue weighted by Gasteiger charge is 2.07. The second-order valence-electron chi connectivity index (χ2n) is 6.99. The van der Waals surface area contributed by atoms with Gasteiger partial charge >= 0.3 is 0 Å². The Balaban J connectivity index is 0.00000729. The number of nitrogens with zero attached hydrogens (tertiary/aromatic N) is 2. The summed E-state index contributed by atoms with van der Waals surface area (Å²) < 4.78 is 5.92. The van der Waals surface area contributed by atoms with E-state index in [-0.39, 0.29) is 30.1 Å². The minimum Gasteiger partial charge on any atom is -0.374 e. The number of guanidine groups is 1. The molecule has 0 aromatic heterocycles. The number of rotatable bonds is 13. The summed E-state index contributed by atoms with van der Waals surface area (Å²) in [6, 6.07) is 10.8. The average Bonchev–Trinajstić information content (AvgIpc) is 2.70.